The Hall–Kier alpha value is -4.41. The average Bonchev–Trinajstić information content (AvgIpc) is 3.68. The van der Waals surface area contributed by atoms with Gasteiger partial charge in [0.1, 0.15) is 17.7 Å². The van der Waals surface area contributed by atoms with E-state index in [0.29, 0.717) is 40.8 Å². The second-order valence-electron chi connectivity index (χ2n) is 9.22. The highest BCUT2D eigenvalue weighted by Crippen LogP contribution is 2.45. The number of pyridine rings is 1. The predicted octanol–water partition coefficient (Wildman–Crippen LogP) is 5.38. The number of aryl methyl sites for hydroxylation is 1. The Morgan fingerprint density at radius 1 is 1.00 bits per heavy atom. The second kappa shape index (κ2) is 9.16. The van der Waals surface area contributed by atoms with E-state index < -0.39 is 11.9 Å². The molecule has 4 heterocycles. The van der Waals surface area contributed by atoms with Gasteiger partial charge in [-0.25, -0.2) is 29.9 Å². The van der Waals surface area contributed by atoms with E-state index in [-0.39, 0.29) is 5.82 Å². The van der Waals surface area contributed by atoms with Crippen LogP contribution in [0, 0.1) is 0 Å². The highest BCUT2D eigenvalue weighted by Gasteiger charge is 2.34. The molecule has 38 heavy (non-hydrogen) atoms. The summed E-state index contributed by atoms with van der Waals surface area (Å²) in [6.45, 7) is 0. The highest BCUT2D eigenvalue weighted by molar-refractivity contribution is 5.81. The Balaban J connectivity index is 1.38. The number of ether oxygens (including phenoxy) is 1. The molecule has 0 unspecified atom stereocenters. The third kappa shape index (κ3) is 4.44. The Morgan fingerprint density at radius 2 is 1.79 bits per heavy atom. The van der Waals surface area contributed by atoms with Gasteiger partial charge in [-0.15, -0.1) is 0 Å². The second-order valence-corrected chi connectivity index (χ2v) is 9.22. The molecule has 8 nitrogen and oxygen atoms in total. The van der Waals surface area contributed by atoms with Gasteiger partial charge in [-0.1, -0.05) is 24.3 Å². The molecule has 5 aromatic rings. The Morgan fingerprint density at radius 3 is 2.47 bits per heavy atom. The largest absolute Gasteiger partial charge is 0.480 e. The number of nitrogens with zero attached hydrogens (tertiary/aromatic N) is 7. The minimum absolute atomic E-state index is 0.242. The van der Waals surface area contributed by atoms with Crippen molar-refractivity contribution in [1.29, 1.82) is 0 Å². The maximum Gasteiger partial charge on any atom is 0.434 e. The van der Waals surface area contributed by atoms with Gasteiger partial charge in [0, 0.05) is 42.7 Å². The molecule has 11 heteroatoms. The molecule has 4 aromatic heterocycles. The summed E-state index contributed by atoms with van der Waals surface area (Å²) >= 11 is 0. The molecule has 0 aliphatic heterocycles. The van der Waals surface area contributed by atoms with Crippen LogP contribution in [0.3, 0.4) is 0 Å². The number of hydrogen-bond acceptors (Lipinski definition) is 7. The molecule has 1 fully saturated rings. The van der Waals surface area contributed by atoms with E-state index in [2.05, 4.69) is 19.9 Å². The van der Waals surface area contributed by atoms with Crippen LogP contribution >= 0.6 is 0 Å². The summed E-state index contributed by atoms with van der Waals surface area (Å²) in [7, 11) is 3.11. The number of rotatable bonds is 6. The van der Waals surface area contributed by atoms with Crippen molar-refractivity contribution in [1.82, 2.24) is 34.5 Å². The molecule has 0 N–H and O–H groups in total. The smallest absolute Gasteiger partial charge is 0.434 e. The molecule has 1 aromatic carbocycles. The first kappa shape index (κ1) is 24.0. The lowest BCUT2D eigenvalue weighted by Gasteiger charge is -2.13. The van der Waals surface area contributed by atoms with Crippen LogP contribution < -0.4 is 4.74 Å². The molecule has 1 aliphatic rings. The molecule has 0 saturated heterocycles. The number of hydrogen-bond donors (Lipinski definition) is 0. The van der Waals surface area contributed by atoms with Gasteiger partial charge in [0.25, 0.3) is 0 Å². The molecule has 1 saturated carbocycles. The van der Waals surface area contributed by atoms with Gasteiger partial charge in [0.05, 0.1) is 18.5 Å². The van der Waals surface area contributed by atoms with E-state index in [1.807, 2.05) is 24.3 Å². The van der Waals surface area contributed by atoms with Crippen LogP contribution in [-0.4, -0.2) is 41.6 Å². The highest BCUT2D eigenvalue weighted by atomic mass is 19.4. The molecule has 0 spiro atoms. The third-order valence-corrected chi connectivity index (χ3v) is 6.52. The number of aromatic nitrogens is 7. The van der Waals surface area contributed by atoms with Crippen molar-refractivity contribution in [2.45, 2.75) is 31.4 Å². The van der Waals surface area contributed by atoms with Gasteiger partial charge in [-0.2, -0.15) is 13.2 Å². The van der Waals surface area contributed by atoms with E-state index >= 15 is 0 Å². The summed E-state index contributed by atoms with van der Waals surface area (Å²) in [5.74, 6) is 1.44. The summed E-state index contributed by atoms with van der Waals surface area (Å²) in [6.07, 6.45) is 2.21. The summed E-state index contributed by atoms with van der Waals surface area (Å²) in [5.41, 5.74) is 3.44. The van der Waals surface area contributed by atoms with Gasteiger partial charge in [0.15, 0.2) is 17.2 Å². The lowest BCUT2D eigenvalue weighted by atomic mass is 10.0. The van der Waals surface area contributed by atoms with Crippen LogP contribution in [0.1, 0.15) is 41.4 Å². The fraction of sp³-hybridized carbons (Fsp3) is 0.259. The van der Waals surface area contributed by atoms with Crippen LogP contribution in [0.2, 0.25) is 0 Å². The molecular formula is C27H22F3N7O. The Labute approximate surface area is 215 Å². The molecule has 192 valence electrons. The van der Waals surface area contributed by atoms with Crippen molar-refractivity contribution in [2.24, 2.45) is 7.05 Å². The average molecular weight is 518 g/mol. The third-order valence-electron chi connectivity index (χ3n) is 6.52. The van der Waals surface area contributed by atoms with Crippen molar-refractivity contribution >= 4 is 11.0 Å². The minimum atomic E-state index is -4.50. The zero-order valence-electron chi connectivity index (χ0n) is 20.6. The Bertz CT molecular complexity index is 1640. The van der Waals surface area contributed by atoms with E-state index in [1.165, 1.54) is 10.9 Å². The fourth-order valence-corrected chi connectivity index (χ4v) is 4.52. The molecule has 0 amide bonds. The van der Waals surface area contributed by atoms with E-state index in [1.54, 1.807) is 32.5 Å². The van der Waals surface area contributed by atoms with Crippen LogP contribution in [0.4, 0.5) is 13.2 Å². The first-order valence-corrected chi connectivity index (χ1v) is 12.0. The summed E-state index contributed by atoms with van der Waals surface area (Å²) in [5, 5.41) is 0.808. The quantitative estimate of drug-likeness (QED) is 0.299. The number of halogens is 3. The lowest BCUT2D eigenvalue weighted by molar-refractivity contribution is -0.140. The number of methoxy groups -OCH3 is 1. The Kier molecular flexibility index (Phi) is 5.77. The van der Waals surface area contributed by atoms with E-state index in [4.69, 9.17) is 14.7 Å². The van der Waals surface area contributed by atoms with E-state index in [9.17, 15) is 13.2 Å². The maximum atomic E-state index is 13.1. The van der Waals surface area contributed by atoms with Crippen LogP contribution in [0.25, 0.3) is 33.8 Å². The number of benzene rings is 1. The maximum absolute atomic E-state index is 13.1. The van der Waals surface area contributed by atoms with Gasteiger partial charge in [-0.05, 0) is 30.5 Å². The molecular weight excluding hydrogens is 495 g/mol. The molecule has 1 aliphatic carbocycles. The van der Waals surface area contributed by atoms with E-state index in [0.717, 1.165) is 41.4 Å². The van der Waals surface area contributed by atoms with Crippen LogP contribution in [-0.2, 0) is 19.6 Å². The zero-order valence-corrected chi connectivity index (χ0v) is 20.6. The van der Waals surface area contributed by atoms with Crippen molar-refractivity contribution < 1.29 is 17.9 Å². The topological polar surface area (TPSA) is 91.5 Å². The number of alkyl halides is 3. The normalized spacial score (nSPS) is 13.7. The first-order chi connectivity index (χ1) is 18.3. The van der Waals surface area contributed by atoms with Crippen LogP contribution in [0.15, 0.2) is 55.1 Å². The first-order valence-electron chi connectivity index (χ1n) is 12.0. The summed E-state index contributed by atoms with van der Waals surface area (Å²) < 4.78 is 46.2. The van der Waals surface area contributed by atoms with Crippen molar-refractivity contribution in [3.63, 3.8) is 0 Å². The predicted molar refractivity (Wildman–Crippen MR) is 133 cm³/mol. The number of imidazole rings is 1. The fourth-order valence-electron chi connectivity index (χ4n) is 4.52. The van der Waals surface area contributed by atoms with Gasteiger partial charge < -0.3 is 9.30 Å². The number of fused-ring (bicyclic) bond motifs is 1. The summed E-state index contributed by atoms with van der Waals surface area (Å²) in [4.78, 5) is 26.7. The van der Waals surface area contributed by atoms with Crippen molar-refractivity contribution in [3.05, 3.63) is 77.8 Å². The molecule has 0 radical (unpaired) electrons. The monoisotopic (exact) mass is 517 g/mol. The van der Waals surface area contributed by atoms with Gasteiger partial charge >= 0.3 is 6.18 Å². The molecule has 0 bridgehead atoms. The SMILES string of the molecule is COc1ncnc(C2CC2)c1-c1nc(Cc2ccc(-c3nc(C(F)(F)F)cn3C)cc2)c2cccnc2n1. The zero-order chi connectivity index (χ0) is 26.4. The standard InChI is InChI=1S/C27H22F3N7O/c1-37-13-20(27(28,29)30)35-25(37)17-7-5-15(6-8-17)12-19-18-4-3-11-31-23(18)36-24(34-19)21-22(16-9-10-16)32-14-33-26(21)38-2/h3-8,11,13-14,16H,9-10,12H2,1-2H3. The molecule has 6 rings (SSSR count). The minimum Gasteiger partial charge on any atom is -0.480 e. The van der Waals surface area contributed by atoms with Crippen molar-refractivity contribution in [2.75, 3.05) is 7.11 Å². The van der Waals surface area contributed by atoms with Gasteiger partial charge in [-0.3, -0.25) is 0 Å². The van der Waals surface area contributed by atoms with Crippen molar-refractivity contribution in [3.8, 4) is 28.7 Å². The van der Waals surface area contributed by atoms with Crippen LogP contribution in [0.5, 0.6) is 5.88 Å². The molecule has 0 atom stereocenters. The summed E-state index contributed by atoms with van der Waals surface area (Å²) in [6, 6.07) is 11.0. The van der Waals surface area contributed by atoms with Gasteiger partial charge in [0.2, 0.25) is 5.88 Å². The lowest BCUT2D eigenvalue weighted by Crippen LogP contribution is -2.05.